The lowest BCUT2D eigenvalue weighted by Gasteiger charge is -2.47. The molecular formula is C18H38N2. The standard InChI is InChI=1S/C18H38N2/c1-15(2)12-18(14-19,13-16(3)4)20(5)17-10-8-6-7-9-11-17/h15-17H,6-14,19H2,1-5H3. The Morgan fingerprint density at radius 2 is 1.40 bits per heavy atom. The first-order valence-electron chi connectivity index (χ1n) is 8.84. The van der Waals surface area contributed by atoms with E-state index in [1.54, 1.807) is 0 Å². The van der Waals surface area contributed by atoms with Crippen LogP contribution in [-0.2, 0) is 0 Å². The summed E-state index contributed by atoms with van der Waals surface area (Å²) in [6, 6.07) is 0.749. The van der Waals surface area contributed by atoms with E-state index in [4.69, 9.17) is 5.73 Å². The quantitative estimate of drug-likeness (QED) is 0.700. The lowest BCUT2D eigenvalue weighted by atomic mass is 9.79. The molecule has 1 aliphatic carbocycles. The third kappa shape index (κ3) is 5.04. The summed E-state index contributed by atoms with van der Waals surface area (Å²) < 4.78 is 0. The van der Waals surface area contributed by atoms with Crippen molar-refractivity contribution in [1.29, 1.82) is 0 Å². The highest BCUT2D eigenvalue weighted by molar-refractivity contribution is 4.95. The van der Waals surface area contributed by atoms with Crippen LogP contribution >= 0.6 is 0 Å². The molecule has 1 aliphatic rings. The van der Waals surface area contributed by atoms with E-state index in [1.807, 2.05) is 0 Å². The van der Waals surface area contributed by atoms with Gasteiger partial charge in [0, 0.05) is 18.1 Å². The van der Waals surface area contributed by atoms with Crippen molar-refractivity contribution in [2.75, 3.05) is 13.6 Å². The average Bonchev–Trinajstić information content (AvgIpc) is 2.64. The van der Waals surface area contributed by atoms with Gasteiger partial charge in [0.05, 0.1) is 0 Å². The fraction of sp³-hybridized carbons (Fsp3) is 1.00. The lowest BCUT2D eigenvalue weighted by molar-refractivity contribution is 0.0338. The Hall–Kier alpha value is -0.0800. The molecule has 20 heavy (non-hydrogen) atoms. The van der Waals surface area contributed by atoms with Gasteiger partial charge in [0.2, 0.25) is 0 Å². The zero-order chi connectivity index (χ0) is 15.2. The molecule has 0 aromatic carbocycles. The molecule has 1 rings (SSSR count). The van der Waals surface area contributed by atoms with Gasteiger partial charge >= 0.3 is 0 Å². The van der Waals surface area contributed by atoms with Crippen LogP contribution in [0.1, 0.15) is 79.1 Å². The Morgan fingerprint density at radius 1 is 0.950 bits per heavy atom. The first-order valence-corrected chi connectivity index (χ1v) is 8.84. The van der Waals surface area contributed by atoms with Crippen LogP contribution in [0.3, 0.4) is 0 Å². The number of hydrogen-bond acceptors (Lipinski definition) is 2. The maximum absolute atomic E-state index is 6.31. The predicted molar refractivity (Wildman–Crippen MR) is 89.9 cm³/mol. The zero-order valence-corrected chi connectivity index (χ0v) is 14.6. The van der Waals surface area contributed by atoms with Crippen LogP contribution in [0.25, 0.3) is 0 Å². The van der Waals surface area contributed by atoms with Crippen LogP contribution in [0.15, 0.2) is 0 Å². The van der Waals surface area contributed by atoms with Crippen LogP contribution in [0, 0.1) is 11.8 Å². The molecule has 0 saturated heterocycles. The molecule has 0 unspecified atom stereocenters. The third-order valence-corrected chi connectivity index (χ3v) is 5.08. The first-order chi connectivity index (χ1) is 9.41. The lowest BCUT2D eigenvalue weighted by Crippen LogP contribution is -2.57. The van der Waals surface area contributed by atoms with E-state index in [0.29, 0.717) is 11.8 Å². The topological polar surface area (TPSA) is 29.3 Å². The van der Waals surface area contributed by atoms with Crippen molar-refractivity contribution >= 4 is 0 Å². The number of rotatable bonds is 7. The summed E-state index contributed by atoms with van der Waals surface area (Å²) >= 11 is 0. The van der Waals surface area contributed by atoms with Gasteiger partial charge in [-0.2, -0.15) is 0 Å². The van der Waals surface area contributed by atoms with Crippen molar-refractivity contribution in [1.82, 2.24) is 4.90 Å². The van der Waals surface area contributed by atoms with Crippen LogP contribution in [-0.4, -0.2) is 30.1 Å². The molecule has 1 saturated carbocycles. The van der Waals surface area contributed by atoms with E-state index in [-0.39, 0.29) is 5.54 Å². The summed E-state index contributed by atoms with van der Waals surface area (Å²) in [6.07, 6.45) is 10.9. The minimum atomic E-state index is 0.206. The summed E-state index contributed by atoms with van der Waals surface area (Å²) in [7, 11) is 2.35. The monoisotopic (exact) mass is 282 g/mol. The molecule has 0 heterocycles. The van der Waals surface area contributed by atoms with Crippen molar-refractivity contribution in [3.8, 4) is 0 Å². The van der Waals surface area contributed by atoms with E-state index < -0.39 is 0 Å². The predicted octanol–water partition coefficient (Wildman–Crippen LogP) is 4.43. The fourth-order valence-corrected chi connectivity index (χ4v) is 4.23. The van der Waals surface area contributed by atoms with Crippen molar-refractivity contribution in [3.05, 3.63) is 0 Å². The van der Waals surface area contributed by atoms with Crippen LogP contribution in [0.5, 0.6) is 0 Å². The van der Waals surface area contributed by atoms with E-state index in [0.717, 1.165) is 12.6 Å². The SMILES string of the molecule is CC(C)CC(CN)(CC(C)C)N(C)C1CCCCCC1. The molecular weight excluding hydrogens is 244 g/mol. The molecule has 0 radical (unpaired) electrons. The molecule has 120 valence electrons. The van der Waals surface area contributed by atoms with Gasteiger partial charge in [-0.15, -0.1) is 0 Å². The maximum atomic E-state index is 6.31. The van der Waals surface area contributed by atoms with Gasteiger partial charge in [0.25, 0.3) is 0 Å². The van der Waals surface area contributed by atoms with Crippen LogP contribution in [0.4, 0.5) is 0 Å². The molecule has 0 aliphatic heterocycles. The molecule has 0 atom stereocenters. The molecule has 1 fully saturated rings. The number of nitrogens with two attached hydrogens (primary N) is 1. The molecule has 0 amide bonds. The highest BCUT2D eigenvalue weighted by Gasteiger charge is 2.37. The summed E-state index contributed by atoms with van der Waals surface area (Å²) in [6.45, 7) is 10.2. The Kier molecular flexibility index (Phi) is 7.53. The Morgan fingerprint density at radius 3 is 1.75 bits per heavy atom. The van der Waals surface area contributed by atoms with E-state index in [2.05, 4.69) is 39.6 Å². The zero-order valence-electron chi connectivity index (χ0n) is 14.6. The van der Waals surface area contributed by atoms with Gasteiger partial charge in [0.1, 0.15) is 0 Å². The largest absolute Gasteiger partial charge is 0.329 e. The summed E-state index contributed by atoms with van der Waals surface area (Å²) in [4.78, 5) is 2.69. The Balaban J connectivity index is 2.87. The van der Waals surface area contributed by atoms with Gasteiger partial charge in [-0.05, 0) is 44.6 Å². The van der Waals surface area contributed by atoms with Gasteiger partial charge in [-0.3, -0.25) is 4.90 Å². The fourth-order valence-electron chi connectivity index (χ4n) is 4.23. The van der Waals surface area contributed by atoms with Crippen LogP contribution < -0.4 is 5.73 Å². The van der Waals surface area contributed by atoms with E-state index >= 15 is 0 Å². The second-order valence-corrected chi connectivity index (χ2v) is 7.88. The van der Waals surface area contributed by atoms with Crippen molar-refractivity contribution in [2.45, 2.75) is 90.6 Å². The number of hydrogen-bond donors (Lipinski definition) is 1. The molecule has 0 aromatic heterocycles. The molecule has 0 bridgehead atoms. The number of likely N-dealkylation sites (N-methyl/N-ethyl adjacent to an activating group) is 1. The minimum Gasteiger partial charge on any atom is -0.329 e. The van der Waals surface area contributed by atoms with Crippen molar-refractivity contribution < 1.29 is 0 Å². The smallest absolute Gasteiger partial charge is 0.0336 e. The summed E-state index contributed by atoms with van der Waals surface area (Å²) in [5.41, 5.74) is 6.52. The number of nitrogens with zero attached hydrogens (tertiary/aromatic N) is 1. The van der Waals surface area contributed by atoms with E-state index in [1.165, 1.54) is 51.4 Å². The van der Waals surface area contributed by atoms with Crippen molar-refractivity contribution in [2.24, 2.45) is 17.6 Å². The van der Waals surface area contributed by atoms with Gasteiger partial charge in [-0.1, -0.05) is 53.4 Å². The molecule has 2 N–H and O–H groups in total. The van der Waals surface area contributed by atoms with Crippen LogP contribution in [0.2, 0.25) is 0 Å². The normalized spacial score (nSPS) is 19.1. The molecule has 2 heteroatoms. The summed E-state index contributed by atoms with van der Waals surface area (Å²) in [5, 5.41) is 0. The van der Waals surface area contributed by atoms with E-state index in [9.17, 15) is 0 Å². The second kappa shape index (κ2) is 8.38. The van der Waals surface area contributed by atoms with Gasteiger partial charge < -0.3 is 5.73 Å². The first kappa shape index (κ1) is 18.0. The average molecular weight is 283 g/mol. The molecule has 0 spiro atoms. The minimum absolute atomic E-state index is 0.206. The molecule has 0 aromatic rings. The van der Waals surface area contributed by atoms with Crippen molar-refractivity contribution in [3.63, 3.8) is 0 Å². The Labute approximate surface area is 127 Å². The maximum Gasteiger partial charge on any atom is 0.0336 e. The molecule has 2 nitrogen and oxygen atoms in total. The van der Waals surface area contributed by atoms with Gasteiger partial charge in [0.15, 0.2) is 0 Å². The second-order valence-electron chi connectivity index (χ2n) is 7.88. The Bertz CT molecular complexity index is 242. The summed E-state index contributed by atoms with van der Waals surface area (Å²) in [5.74, 6) is 1.43. The highest BCUT2D eigenvalue weighted by atomic mass is 15.2. The third-order valence-electron chi connectivity index (χ3n) is 5.08. The van der Waals surface area contributed by atoms with Gasteiger partial charge in [-0.25, -0.2) is 0 Å². The highest BCUT2D eigenvalue weighted by Crippen LogP contribution is 2.34.